The molecular formula is C10H18O3. The van der Waals surface area contributed by atoms with Crippen molar-refractivity contribution in [2.24, 2.45) is 5.92 Å². The molecule has 0 heterocycles. The van der Waals surface area contributed by atoms with Crippen LogP contribution in [0.1, 0.15) is 20.3 Å². The second kappa shape index (κ2) is 6.66. The molecule has 3 heteroatoms. The molecule has 0 bridgehead atoms. The van der Waals surface area contributed by atoms with Crippen molar-refractivity contribution in [3.8, 4) is 0 Å². The Labute approximate surface area is 79.7 Å². The van der Waals surface area contributed by atoms with E-state index in [4.69, 9.17) is 9.47 Å². The van der Waals surface area contributed by atoms with E-state index >= 15 is 0 Å². The third-order valence-corrected chi connectivity index (χ3v) is 1.95. The highest BCUT2D eigenvalue weighted by atomic mass is 16.5. The maximum Gasteiger partial charge on any atom is 0.311 e. The van der Waals surface area contributed by atoms with Crippen LogP contribution in [0.3, 0.4) is 0 Å². The number of carbonyl (C=O) groups is 1. The number of methoxy groups -OCH3 is 1. The summed E-state index contributed by atoms with van der Waals surface area (Å²) in [6, 6.07) is 0. The number of hydrogen-bond acceptors (Lipinski definition) is 3. The van der Waals surface area contributed by atoms with Gasteiger partial charge in [0.25, 0.3) is 0 Å². The number of allylic oxidation sites excluding steroid dienone is 1. The number of esters is 1. The molecule has 76 valence electrons. The van der Waals surface area contributed by atoms with E-state index in [-0.39, 0.29) is 18.0 Å². The van der Waals surface area contributed by atoms with Gasteiger partial charge in [-0.3, -0.25) is 4.79 Å². The van der Waals surface area contributed by atoms with Gasteiger partial charge in [0.15, 0.2) is 0 Å². The Bertz CT molecular complexity index is 166. The van der Waals surface area contributed by atoms with Gasteiger partial charge in [0.1, 0.15) is 0 Å². The fourth-order valence-corrected chi connectivity index (χ4v) is 1.07. The summed E-state index contributed by atoms with van der Waals surface area (Å²) in [6.45, 7) is 7.65. The van der Waals surface area contributed by atoms with E-state index in [1.54, 1.807) is 20.1 Å². The molecule has 0 aromatic carbocycles. The van der Waals surface area contributed by atoms with E-state index in [2.05, 4.69) is 6.58 Å². The maximum absolute atomic E-state index is 11.4. The van der Waals surface area contributed by atoms with Crippen LogP contribution < -0.4 is 0 Å². The second-order valence-corrected chi connectivity index (χ2v) is 2.82. The van der Waals surface area contributed by atoms with Crippen LogP contribution >= 0.6 is 0 Å². The standard InChI is InChI=1S/C10H18O3/c1-5-7-9(8(3)12-4)10(11)13-6-2/h5,8-9H,1,6-7H2,2-4H3/t8-,9+/m1/s1. The van der Waals surface area contributed by atoms with Crippen molar-refractivity contribution >= 4 is 5.97 Å². The lowest BCUT2D eigenvalue weighted by Gasteiger charge is -2.19. The Morgan fingerprint density at radius 1 is 1.62 bits per heavy atom. The minimum atomic E-state index is -0.234. The first kappa shape index (κ1) is 12.2. The Hall–Kier alpha value is -0.830. The third kappa shape index (κ3) is 4.08. The van der Waals surface area contributed by atoms with Crippen LogP contribution in [-0.4, -0.2) is 25.8 Å². The Kier molecular flexibility index (Phi) is 6.24. The molecule has 0 saturated heterocycles. The molecule has 0 spiro atoms. The lowest BCUT2D eigenvalue weighted by molar-refractivity contribution is -0.152. The molecule has 0 aromatic heterocycles. The summed E-state index contributed by atoms with van der Waals surface area (Å²) >= 11 is 0. The molecule has 0 radical (unpaired) electrons. The zero-order valence-electron chi connectivity index (χ0n) is 8.58. The number of ether oxygens (including phenoxy) is 2. The van der Waals surface area contributed by atoms with E-state index < -0.39 is 0 Å². The van der Waals surface area contributed by atoms with Crippen molar-refractivity contribution in [3.05, 3.63) is 12.7 Å². The summed E-state index contributed by atoms with van der Waals surface area (Å²) in [5, 5.41) is 0. The average molecular weight is 186 g/mol. The van der Waals surface area contributed by atoms with E-state index in [1.165, 1.54) is 0 Å². The normalized spacial score (nSPS) is 14.7. The van der Waals surface area contributed by atoms with Gasteiger partial charge >= 0.3 is 5.97 Å². The fourth-order valence-electron chi connectivity index (χ4n) is 1.07. The number of rotatable bonds is 6. The Morgan fingerprint density at radius 2 is 2.23 bits per heavy atom. The van der Waals surface area contributed by atoms with Crippen molar-refractivity contribution in [1.29, 1.82) is 0 Å². The topological polar surface area (TPSA) is 35.5 Å². The first-order valence-corrected chi connectivity index (χ1v) is 4.47. The van der Waals surface area contributed by atoms with Gasteiger partial charge in [-0.1, -0.05) is 6.08 Å². The Balaban J connectivity index is 4.21. The minimum absolute atomic E-state index is 0.128. The summed E-state index contributed by atoms with van der Waals surface area (Å²) < 4.78 is 10.00. The largest absolute Gasteiger partial charge is 0.466 e. The van der Waals surface area contributed by atoms with E-state index in [9.17, 15) is 4.79 Å². The molecule has 2 atom stereocenters. The zero-order chi connectivity index (χ0) is 10.3. The summed E-state index contributed by atoms with van der Waals surface area (Å²) in [7, 11) is 1.58. The second-order valence-electron chi connectivity index (χ2n) is 2.82. The molecule has 0 aromatic rings. The highest BCUT2D eigenvalue weighted by Gasteiger charge is 2.24. The van der Waals surface area contributed by atoms with Crippen LogP contribution in [0.25, 0.3) is 0 Å². The molecular weight excluding hydrogens is 168 g/mol. The molecule has 0 amide bonds. The average Bonchev–Trinajstić information content (AvgIpc) is 2.13. The van der Waals surface area contributed by atoms with E-state index in [0.29, 0.717) is 13.0 Å². The highest BCUT2D eigenvalue weighted by Crippen LogP contribution is 2.14. The molecule has 0 fully saturated rings. The van der Waals surface area contributed by atoms with Crippen LogP contribution in [0.4, 0.5) is 0 Å². The summed E-state index contributed by atoms with van der Waals surface area (Å²) in [5.41, 5.74) is 0. The summed E-state index contributed by atoms with van der Waals surface area (Å²) in [4.78, 5) is 11.4. The van der Waals surface area contributed by atoms with Gasteiger partial charge in [0, 0.05) is 7.11 Å². The van der Waals surface area contributed by atoms with Gasteiger partial charge in [-0.25, -0.2) is 0 Å². The van der Waals surface area contributed by atoms with E-state index in [1.807, 2.05) is 6.92 Å². The van der Waals surface area contributed by atoms with Crippen LogP contribution in [0.5, 0.6) is 0 Å². The van der Waals surface area contributed by atoms with Gasteiger partial charge in [0.2, 0.25) is 0 Å². The lowest BCUT2D eigenvalue weighted by atomic mass is 10.00. The van der Waals surface area contributed by atoms with Crippen LogP contribution in [0.15, 0.2) is 12.7 Å². The predicted molar refractivity (Wildman–Crippen MR) is 51.4 cm³/mol. The van der Waals surface area contributed by atoms with Gasteiger partial charge in [-0.2, -0.15) is 0 Å². The van der Waals surface area contributed by atoms with Gasteiger partial charge in [-0.05, 0) is 20.3 Å². The van der Waals surface area contributed by atoms with E-state index in [0.717, 1.165) is 0 Å². The molecule has 0 aliphatic carbocycles. The quantitative estimate of drug-likeness (QED) is 0.468. The minimum Gasteiger partial charge on any atom is -0.466 e. The Morgan fingerprint density at radius 3 is 2.62 bits per heavy atom. The fraction of sp³-hybridized carbons (Fsp3) is 0.700. The SMILES string of the molecule is C=CC[C@H](C(=O)OCC)[C@@H](C)OC. The zero-order valence-corrected chi connectivity index (χ0v) is 8.58. The van der Waals surface area contributed by atoms with Crippen molar-refractivity contribution < 1.29 is 14.3 Å². The first-order chi connectivity index (χ1) is 6.17. The molecule has 3 nitrogen and oxygen atoms in total. The lowest BCUT2D eigenvalue weighted by Crippen LogP contribution is -2.28. The number of carbonyl (C=O) groups excluding carboxylic acids is 1. The van der Waals surface area contributed by atoms with Crippen LogP contribution in [0.2, 0.25) is 0 Å². The molecule has 0 unspecified atom stereocenters. The molecule has 0 aliphatic heterocycles. The third-order valence-electron chi connectivity index (χ3n) is 1.95. The van der Waals surface area contributed by atoms with Crippen molar-refractivity contribution in [2.45, 2.75) is 26.4 Å². The smallest absolute Gasteiger partial charge is 0.311 e. The van der Waals surface area contributed by atoms with Crippen LogP contribution in [-0.2, 0) is 14.3 Å². The van der Waals surface area contributed by atoms with Crippen molar-refractivity contribution in [2.75, 3.05) is 13.7 Å². The molecule has 0 saturated carbocycles. The molecule has 13 heavy (non-hydrogen) atoms. The summed E-state index contributed by atoms with van der Waals surface area (Å²) in [5.74, 6) is -0.445. The monoisotopic (exact) mass is 186 g/mol. The molecule has 0 aliphatic rings. The highest BCUT2D eigenvalue weighted by molar-refractivity contribution is 5.73. The molecule has 0 rings (SSSR count). The summed E-state index contributed by atoms with van der Waals surface area (Å²) in [6.07, 6.45) is 2.17. The van der Waals surface area contributed by atoms with Gasteiger partial charge < -0.3 is 9.47 Å². The first-order valence-electron chi connectivity index (χ1n) is 4.47. The van der Waals surface area contributed by atoms with Crippen molar-refractivity contribution in [3.63, 3.8) is 0 Å². The maximum atomic E-state index is 11.4. The van der Waals surface area contributed by atoms with Crippen molar-refractivity contribution in [1.82, 2.24) is 0 Å². The van der Waals surface area contributed by atoms with Crippen LogP contribution in [0, 0.1) is 5.92 Å². The van der Waals surface area contributed by atoms with Gasteiger partial charge in [0.05, 0.1) is 18.6 Å². The predicted octanol–water partition coefficient (Wildman–Crippen LogP) is 1.78. The number of hydrogen-bond donors (Lipinski definition) is 0. The molecule has 0 N–H and O–H groups in total. The van der Waals surface area contributed by atoms with Gasteiger partial charge in [-0.15, -0.1) is 6.58 Å².